The molecular formula is C16H20ClN3O. The zero-order chi connectivity index (χ0) is 15.6. The van der Waals surface area contributed by atoms with Crippen LogP contribution in [0.2, 0.25) is 5.02 Å². The molecule has 0 bridgehead atoms. The van der Waals surface area contributed by atoms with Gasteiger partial charge in [-0.2, -0.15) is 5.10 Å². The Kier molecular flexibility index (Phi) is 4.68. The fraction of sp³-hybridized carbons (Fsp3) is 0.375. The third-order valence-electron chi connectivity index (χ3n) is 3.72. The number of rotatable bonds is 4. The summed E-state index contributed by atoms with van der Waals surface area (Å²) in [7, 11) is 1.92. The van der Waals surface area contributed by atoms with E-state index in [4.69, 9.17) is 11.6 Å². The van der Waals surface area contributed by atoms with Gasteiger partial charge in [0.25, 0.3) is 0 Å². The summed E-state index contributed by atoms with van der Waals surface area (Å²) >= 11 is 6.05. The number of aryl methyl sites for hydroxylation is 3. The summed E-state index contributed by atoms with van der Waals surface area (Å²) in [6, 6.07) is 5.53. The molecule has 0 aliphatic carbocycles. The van der Waals surface area contributed by atoms with Gasteiger partial charge in [0, 0.05) is 29.9 Å². The summed E-state index contributed by atoms with van der Waals surface area (Å²) in [4.78, 5) is 12.0. The van der Waals surface area contributed by atoms with Crippen molar-refractivity contribution < 1.29 is 4.79 Å². The Morgan fingerprint density at radius 3 is 2.62 bits per heavy atom. The number of aromatic nitrogens is 2. The fourth-order valence-corrected chi connectivity index (χ4v) is 2.49. The van der Waals surface area contributed by atoms with Crippen LogP contribution in [0.1, 0.15) is 28.9 Å². The van der Waals surface area contributed by atoms with Crippen LogP contribution in [0, 0.1) is 20.8 Å². The number of halogens is 1. The molecule has 0 saturated carbocycles. The number of nitrogens with zero attached hydrogens (tertiary/aromatic N) is 2. The topological polar surface area (TPSA) is 46.9 Å². The Bertz CT molecular complexity index is 676. The Morgan fingerprint density at radius 2 is 2.05 bits per heavy atom. The molecule has 1 heterocycles. The molecular weight excluding hydrogens is 286 g/mol. The third kappa shape index (κ3) is 3.64. The zero-order valence-corrected chi connectivity index (χ0v) is 13.6. The highest BCUT2D eigenvalue weighted by Crippen LogP contribution is 2.20. The van der Waals surface area contributed by atoms with Crippen molar-refractivity contribution in [3.8, 4) is 0 Å². The van der Waals surface area contributed by atoms with Crippen LogP contribution in [-0.2, 0) is 18.3 Å². The first-order valence-electron chi connectivity index (χ1n) is 6.93. The molecule has 0 aliphatic heterocycles. The first-order valence-corrected chi connectivity index (χ1v) is 7.31. The molecule has 0 aliphatic rings. The molecule has 0 spiro atoms. The largest absolute Gasteiger partial charge is 0.326 e. The second kappa shape index (κ2) is 6.31. The van der Waals surface area contributed by atoms with Gasteiger partial charge in [0.2, 0.25) is 5.91 Å². The Labute approximate surface area is 130 Å². The van der Waals surface area contributed by atoms with Gasteiger partial charge in [-0.15, -0.1) is 0 Å². The number of anilines is 1. The van der Waals surface area contributed by atoms with Gasteiger partial charge in [0.15, 0.2) is 0 Å². The predicted molar refractivity (Wildman–Crippen MR) is 85.8 cm³/mol. The number of nitrogens with one attached hydrogen (secondary N) is 1. The van der Waals surface area contributed by atoms with E-state index in [1.807, 2.05) is 44.6 Å². The van der Waals surface area contributed by atoms with Gasteiger partial charge in [0.1, 0.15) is 0 Å². The first kappa shape index (κ1) is 15.6. The van der Waals surface area contributed by atoms with Crippen molar-refractivity contribution in [3.63, 3.8) is 0 Å². The Balaban J connectivity index is 1.97. The smallest absolute Gasteiger partial charge is 0.224 e. The number of amides is 1. The molecule has 0 radical (unpaired) electrons. The normalized spacial score (nSPS) is 10.7. The lowest BCUT2D eigenvalue weighted by Gasteiger charge is -2.07. The van der Waals surface area contributed by atoms with E-state index in [0.717, 1.165) is 28.2 Å². The highest BCUT2D eigenvalue weighted by Gasteiger charge is 2.11. The summed E-state index contributed by atoms with van der Waals surface area (Å²) in [5, 5.41) is 7.90. The number of benzene rings is 1. The summed E-state index contributed by atoms with van der Waals surface area (Å²) in [5.41, 5.74) is 4.97. The van der Waals surface area contributed by atoms with Gasteiger partial charge in [-0.05, 0) is 50.5 Å². The number of carbonyl (C=O) groups excluding carboxylic acids is 1. The standard InChI is InChI=1S/C16H20ClN3O/c1-10-5-6-13(9-15(10)17)18-16(21)8-7-14-11(2)19-20(4)12(14)3/h5-6,9H,7-8H2,1-4H3,(H,18,21). The molecule has 1 aromatic heterocycles. The molecule has 2 rings (SSSR count). The van der Waals surface area contributed by atoms with E-state index in [1.54, 1.807) is 6.07 Å². The summed E-state index contributed by atoms with van der Waals surface area (Å²) < 4.78 is 1.85. The molecule has 0 unspecified atom stereocenters. The van der Waals surface area contributed by atoms with Gasteiger partial charge >= 0.3 is 0 Å². The molecule has 1 amide bonds. The Hall–Kier alpha value is -1.81. The van der Waals surface area contributed by atoms with Crippen LogP contribution < -0.4 is 5.32 Å². The zero-order valence-electron chi connectivity index (χ0n) is 12.8. The highest BCUT2D eigenvalue weighted by molar-refractivity contribution is 6.31. The van der Waals surface area contributed by atoms with E-state index in [1.165, 1.54) is 0 Å². The molecule has 2 aromatic rings. The highest BCUT2D eigenvalue weighted by atomic mass is 35.5. The number of hydrogen-bond acceptors (Lipinski definition) is 2. The molecule has 112 valence electrons. The van der Waals surface area contributed by atoms with E-state index in [-0.39, 0.29) is 5.91 Å². The molecule has 0 fully saturated rings. The number of carbonyl (C=O) groups is 1. The SMILES string of the molecule is Cc1ccc(NC(=O)CCc2c(C)nn(C)c2C)cc1Cl. The average molecular weight is 306 g/mol. The van der Waals surface area contributed by atoms with Gasteiger partial charge in [-0.1, -0.05) is 17.7 Å². The van der Waals surface area contributed by atoms with E-state index < -0.39 is 0 Å². The van der Waals surface area contributed by atoms with E-state index in [2.05, 4.69) is 10.4 Å². The van der Waals surface area contributed by atoms with Gasteiger partial charge < -0.3 is 5.32 Å². The lowest BCUT2D eigenvalue weighted by atomic mass is 10.1. The molecule has 1 aromatic carbocycles. The maximum absolute atomic E-state index is 12.0. The van der Waals surface area contributed by atoms with Crippen molar-refractivity contribution in [1.29, 1.82) is 0 Å². The van der Waals surface area contributed by atoms with Crippen LogP contribution >= 0.6 is 11.6 Å². The number of hydrogen-bond donors (Lipinski definition) is 1. The van der Waals surface area contributed by atoms with Crippen molar-refractivity contribution in [1.82, 2.24) is 9.78 Å². The minimum Gasteiger partial charge on any atom is -0.326 e. The maximum Gasteiger partial charge on any atom is 0.224 e. The third-order valence-corrected chi connectivity index (χ3v) is 4.12. The van der Waals surface area contributed by atoms with E-state index in [0.29, 0.717) is 17.9 Å². The molecule has 1 N–H and O–H groups in total. The fourth-order valence-electron chi connectivity index (χ4n) is 2.31. The second-order valence-corrected chi connectivity index (χ2v) is 5.69. The maximum atomic E-state index is 12.0. The van der Waals surface area contributed by atoms with Crippen molar-refractivity contribution >= 4 is 23.2 Å². The van der Waals surface area contributed by atoms with E-state index in [9.17, 15) is 4.79 Å². The quantitative estimate of drug-likeness (QED) is 0.938. The molecule has 0 atom stereocenters. The van der Waals surface area contributed by atoms with Crippen molar-refractivity contribution in [3.05, 3.63) is 45.7 Å². The van der Waals surface area contributed by atoms with Crippen LogP contribution in [0.3, 0.4) is 0 Å². The van der Waals surface area contributed by atoms with Crippen LogP contribution in [0.4, 0.5) is 5.69 Å². The van der Waals surface area contributed by atoms with Crippen molar-refractivity contribution in [2.24, 2.45) is 7.05 Å². The molecule has 4 nitrogen and oxygen atoms in total. The lowest BCUT2D eigenvalue weighted by Crippen LogP contribution is -2.12. The van der Waals surface area contributed by atoms with E-state index >= 15 is 0 Å². The minimum atomic E-state index is -0.0161. The van der Waals surface area contributed by atoms with Crippen LogP contribution in [0.25, 0.3) is 0 Å². The Morgan fingerprint density at radius 1 is 1.33 bits per heavy atom. The van der Waals surface area contributed by atoms with Crippen molar-refractivity contribution in [2.75, 3.05) is 5.32 Å². The van der Waals surface area contributed by atoms with Crippen molar-refractivity contribution in [2.45, 2.75) is 33.6 Å². The monoisotopic (exact) mass is 305 g/mol. The van der Waals surface area contributed by atoms with Crippen LogP contribution in [0.15, 0.2) is 18.2 Å². The predicted octanol–water partition coefficient (Wildman–Crippen LogP) is 3.57. The lowest BCUT2D eigenvalue weighted by molar-refractivity contribution is -0.116. The minimum absolute atomic E-state index is 0.0161. The first-order chi connectivity index (χ1) is 9.88. The van der Waals surface area contributed by atoms with Crippen LogP contribution in [0.5, 0.6) is 0 Å². The summed E-state index contributed by atoms with van der Waals surface area (Å²) in [6.45, 7) is 5.93. The van der Waals surface area contributed by atoms with Gasteiger partial charge in [0.05, 0.1) is 5.69 Å². The molecule has 21 heavy (non-hydrogen) atoms. The average Bonchev–Trinajstić information content (AvgIpc) is 2.66. The van der Waals surface area contributed by atoms with Gasteiger partial charge in [-0.25, -0.2) is 0 Å². The van der Waals surface area contributed by atoms with Crippen LogP contribution in [-0.4, -0.2) is 15.7 Å². The second-order valence-electron chi connectivity index (χ2n) is 5.29. The van der Waals surface area contributed by atoms with Gasteiger partial charge in [-0.3, -0.25) is 9.48 Å². The summed E-state index contributed by atoms with van der Waals surface area (Å²) in [6.07, 6.45) is 1.12. The molecule has 5 heteroatoms. The summed E-state index contributed by atoms with van der Waals surface area (Å²) in [5.74, 6) is -0.0161. The molecule has 0 saturated heterocycles.